The minimum absolute atomic E-state index is 0.143. The van der Waals surface area contributed by atoms with Gasteiger partial charge in [-0.15, -0.1) is 0 Å². The molecule has 13 rings (SSSR count). The van der Waals surface area contributed by atoms with E-state index in [9.17, 15) is 24.0 Å². The van der Waals surface area contributed by atoms with Gasteiger partial charge in [0.15, 0.2) is 5.13 Å². The number of piperidine rings is 1. The summed E-state index contributed by atoms with van der Waals surface area (Å²) in [7, 11) is 1.78. The van der Waals surface area contributed by atoms with E-state index in [2.05, 4.69) is 53.9 Å². The summed E-state index contributed by atoms with van der Waals surface area (Å²) in [6, 6.07) is 23.2. The lowest BCUT2D eigenvalue weighted by Gasteiger charge is -2.33. The molecule has 17 heteroatoms. The summed E-state index contributed by atoms with van der Waals surface area (Å²) >= 11 is 1.45. The van der Waals surface area contributed by atoms with Gasteiger partial charge in [0.25, 0.3) is 11.8 Å². The van der Waals surface area contributed by atoms with Crippen molar-refractivity contribution in [1.29, 1.82) is 0 Å². The Hall–Kier alpha value is -7.27. The molecule has 6 heterocycles. The summed E-state index contributed by atoms with van der Waals surface area (Å²) in [4.78, 5) is 78.1. The number of para-hydroxylation sites is 2. The zero-order chi connectivity index (χ0) is 50.0. The van der Waals surface area contributed by atoms with Crippen molar-refractivity contribution in [3.8, 4) is 11.1 Å². The first kappa shape index (κ1) is 46.8. The van der Waals surface area contributed by atoms with Crippen molar-refractivity contribution in [2.45, 2.75) is 103 Å². The molecule has 0 spiro atoms. The van der Waals surface area contributed by atoms with E-state index in [-0.39, 0.29) is 42.4 Å². The summed E-state index contributed by atoms with van der Waals surface area (Å²) in [5.74, 6) is 1.31. The van der Waals surface area contributed by atoms with Gasteiger partial charge in [-0.05, 0) is 135 Å². The van der Waals surface area contributed by atoms with Crippen LogP contribution in [-0.2, 0) is 40.9 Å². The average molecular weight is 998 g/mol. The molecule has 16 nitrogen and oxygen atoms in total. The lowest BCUT2D eigenvalue weighted by Crippen LogP contribution is -2.39. The monoisotopic (exact) mass is 997 g/mol. The molecule has 6 aliphatic rings. The van der Waals surface area contributed by atoms with Crippen LogP contribution in [0.1, 0.15) is 120 Å². The number of benzene rings is 3. The number of nitrogens with zero attached hydrogens (tertiary/aromatic N) is 7. The first-order chi connectivity index (χ1) is 35.5. The van der Waals surface area contributed by atoms with E-state index in [0.717, 1.165) is 67.8 Å². The van der Waals surface area contributed by atoms with Crippen LogP contribution < -0.4 is 26.2 Å². The van der Waals surface area contributed by atoms with Crippen LogP contribution in [0.3, 0.4) is 0 Å². The first-order valence-electron chi connectivity index (χ1n) is 25.9. The second-order valence-electron chi connectivity index (χ2n) is 21.2. The lowest BCUT2D eigenvalue weighted by molar-refractivity contribution is -0.134. The van der Waals surface area contributed by atoms with Crippen LogP contribution in [0.5, 0.6) is 0 Å². The van der Waals surface area contributed by atoms with Crippen LogP contribution in [0.2, 0.25) is 0 Å². The Bertz CT molecular complexity index is 3330. The topological polar surface area (TPSA) is 198 Å². The Morgan fingerprint density at radius 1 is 0.863 bits per heavy atom. The van der Waals surface area contributed by atoms with Crippen molar-refractivity contribution in [2.75, 3.05) is 28.6 Å². The molecule has 3 unspecified atom stereocenters. The molecule has 0 radical (unpaired) electrons. The number of thiazole rings is 1. The predicted molar refractivity (Wildman–Crippen MR) is 280 cm³/mol. The van der Waals surface area contributed by atoms with E-state index in [4.69, 9.17) is 10.1 Å². The smallest absolute Gasteiger partial charge is 0.270 e. The number of rotatable bonds is 15. The van der Waals surface area contributed by atoms with Crippen molar-refractivity contribution in [1.82, 2.24) is 40.2 Å². The minimum Gasteiger partial charge on any atom is -0.352 e. The normalized spacial score (nSPS) is 22.0. The summed E-state index contributed by atoms with van der Waals surface area (Å²) in [6.45, 7) is 4.54. The minimum atomic E-state index is -0.543. The molecular weight excluding hydrogens is 939 g/mol. The fraction of sp³-hybridized carbons (Fsp3) is 0.411. The highest BCUT2D eigenvalue weighted by Crippen LogP contribution is 2.66. The fourth-order valence-corrected chi connectivity index (χ4v) is 14.1. The predicted octanol–water partition coefficient (Wildman–Crippen LogP) is 8.84. The van der Waals surface area contributed by atoms with Gasteiger partial charge in [-0.1, -0.05) is 54.2 Å². The van der Waals surface area contributed by atoms with Crippen molar-refractivity contribution < 1.29 is 24.0 Å². The third-order valence-electron chi connectivity index (χ3n) is 16.6. The standard InChI is InChI=1S/C56H59N11O5S/c1-32-41(29-58-67(32)31-56-27-33-24-34(28-56)26-36(56)25-33)37-17-19-46(66-23-21-35-10-8-11-38(42(35)30-66)52(70)63-55-60-43-13-5-6-15-45(43)73-55)61-50(37)54(72)57-22-7-3-4-16-47(68)59-44-14-9-12-39-49(64-65(2)51(39)44)40-18-20-48(69)62-53(40)71/h5-6,8-15,17,19,29,33-34,36,40H,3-4,7,16,18,20-28,30-31H2,1-2H3,(H,57,72)(H,59,68)(H,60,63,70)(H,62,69,71). The highest BCUT2D eigenvalue weighted by atomic mass is 32.1. The molecule has 374 valence electrons. The van der Waals surface area contributed by atoms with Crippen molar-refractivity contribution in [3.05, 3.63) is 113 Å². The maximum Gasteiger partial charge on any atom is 0.270 e. The summed E-state index contributed by atoms with van der Waals surface area (Å²) < 4.78 is 4.86. The number of unbranched alkanes of at least 4 members (excludes halogenated alkanes) is 2. The number of anilines is 3. The third kappa shape index (κ3) is 8.84. The van der Waals surface area contributed by atoms with Gasteiger partial charge >= 0.3 is 0 Å². The number of hydrogen-bond donors (Lipinski definition) is 4. The molecule has 1 saturated heterocycles. The number of hydrogen-bond acceptors (Lipinski definition) is 11. The van der Waals surface area contributed by atoms with Gasteiger partial charge in [-0.3, -0.25) is 44.0 Å². The van der Waals surface area contributed by atoms with Crippen LogP contribution in [0.25, 0.3) is 32.2 Å². The average Bonchev–Trinajstić information content (AvgIpc) is 4.17. The Kier molecular flexibility index (Phi) is 12.2. The Labute approximate surface area is 426 Å². The molecule has 7 aromatic rings. The van der Waals surface area contributed by atoms with Crippen LogP contribution >= 0.6 is 11.3 Å². The highest BCUT2D eigenvalue weighted by molar-refractivity contribution is 7.22. The molecule has 4 saturated carbocycles. The van der Waals surface area contributed by atoms with Crippen LogP contribution in [0, 0.1) is 30.1 Å². The first-order valence-corrected chi connectivity index (χ1v) is 26.7. The number of nitrogens with one attached hydrogen (secondary N) is 4. The van der Waals surface area contributed by atoms with E-state index >= 15 is 0 Å². The second kappa shape index (κ2) is 19.0. The van der Waals surface area contributed by atoms with E-state index in [0.29, 0.717) is 96.3 Å². The van der Waals surface area contributed by atoms with Gasteiger partial charge in [0, 0.05) is 73.8 Å². The van der Waals surface area contributed by atoms with Crippen molar-refractivity contribution >= 4 is 78.6 Å². The Morgan fingerprint density at radius 2 is 1.70 bits per heavy atom. The largest absolute Gasteiger partial charge is 0.352 e. The summed E-state index contributed by atoms with van der Waals surface area (Å²) in [5, 5.41) is 22.6. The maximum absolute atomic E-state index is 14.5. The molecule has 4 N–H and O–H groups in total. The molecule has 5 fully saturated rings. The third-order valence-corrected chi connectivity index (χ3v) is 17.5. The van der Waals surface area contributed by atoms with Crippen molar-refractivity contribution in [3.63, 3.8) is 0 Å². The summed E-state index contributed by atoms with van der Waals surface area (Å²) in [6.07, 6.45) is 12.2. The van der Waals surface area contributed by atoms with Crippen LogP contribution in [-0.4, -0.2) is 72.2 Å². The molecule has 4 bridgehead atoms. The number of aromatic nitrogens is 6. The van der Waals surface area contributed by atoms with E-state index in [1.165, 1.54) is 43.4 Å². The van der Waals surface area contributed by atoms with Gasteiger partial charge in [0.2, 0.25) is 17.7 Å². The number of carbonyl (C=O) groups excluding carboxylic acids is 5. The lowest BCUT2D eigenvalue weighted by atomic mass is 9.75. The van der Waals surface area contributed by atoms with Crippen molar-refractivity contribution in [2.24, 2.45) is 30.2 Å². The van der Waals surface area contributed by atoms with Crippen LogP contribution in [0.4, 0.5) is 16.6 Å². The number of aryl methyl sites for hydroxylation is 1. The number of fused-ring (bicyclic) bond motifs is 3. The van der Waals surface area contributed by atoms with Gasteiger partial charge in [0.05, 0.1) is 39.2 Å². The highest BCUT2D eigenvalue weighted by Gasteiger charge is 2.57. The van der Waals surface area contributed by atoms with Gasteiger partial charge < -0.3 is 15.5 Å². The van der Waals surface area contributed by atoms with E-state index in [1.54, 1.807) is 11.7 Å². The van der Waals surface area contributed by atoms with E-state index in [1.807, 2.05) is 72.9 Å². The number of pyridine rings is 1. The molecule has 5 amide bonds. The number of imide groups is 1. The molecular formula is C56H59N11O5S. The zero-order valence-corrected chi connectivity index (χ0v) is 42.0. The number of amides is 5. The SMILES string of the molecule is Cc1c(-c2ccc(N3CCc4cccc(C(=O)Nc5nc6ccccc6s5)c4C3)nc2C(=O)NCCCCCC(=O)Nc2cccc3c(C4CCC(=O)NC4=O)nn(C)c23)cnn1CC12CC3CC(CC1C3)C2. The summed E-state index contributed by atoms with van der Waals surface area (Å²) in [5.41, 5.74) is 8.69. The molecule has 4 aromatic heterocycles. The van der Waals surface area contributed by atoms with Gasteiger partial charge in [-0.25, -0.2) is 9.97 Å². The fourth-order valence-electron chi connectivity index (χ4n) is 13.2. The molecule has 4 aliphatic carbocycles. The quantitative estimate of drug-likeness (QED) is 0.0569. The van der Waals surface area contributed by atoms with Crippen LogP contribution in [0.15, 0.2) is 79.0 Å². The van der Waals surface area contributed by atoms with E-state index < -0.39 is 5.92 Å². The zero-order valence-electron chi connectivity index (χ0n) is 41.2. The second-order valence-corrected chi connectivity index (χ2v) is 22.2. The Morgan fingerprint density at radius 3 is 2.53 bits per heavy atom. The molecule has 3 atom stereocenters. The maximum atomic E-state index is 14.5. The molecule has 2 aliphatic heterocycles. The molecule has 3 aromatic carbocycles. The number of carbonyl (C=O) groups is 5. The molecule has 73 heavy (non-hydrogen) atoms. The van der Waals surface area contributed by atoms with Gasteiger partial charge in [0.1, 0.15) is 11.5 Å². The van der Waals surface area contributed by atoms with Gasteiger partial charge in [-0.2, -0.15) is 10.2 Å². The Balaban J connectivity index is 0.732.